The molecule has 0 unspecified atom stereocenters. The Bertz CT molecular complexity index is 1010. The van der Waals surface area contributed by atoms with Crippen molar-refractivity contribution >= 4 is 17.7 Å². The van der Waals surface area contributed by atoms with Gasteiger partial charge in [0.05, 0.1) is 13.7 Å². The number of amides is 3. The van der Waals surface area contributed by atoms with Crippen LogP contribution in [0.3, 0.4) is 0 Å². The van der Waals surface area contributed by atoms with E-state index < -0.39 is 0 Å². The lowest BCUT2D eigenvalue weighted by molar-refractivity contribution is -0.143. The van der Waals surface area contributed by atoms with Crippen molar-refractivity contribution in [2.24, 2.45) is 23.7 Å². The second-order valence-electron chi connectivity index (χ2n) is 12.8. The predicted octanol–water partition coefficient (Wildman–Crippen LogP) is 3.63. The number of likely N-dealkylation sites (tertiary alicyclic amines) is 1. The minimum absolute atomic E-state index is 0.0444. The van der Waals surface area contributed by atoms with E-state index in [1.54, 1.807) is 7.11 Å². The molecule has 3 fully saturated rings. The average Bonchev–Trinajstić information content (AvgIpc) is 2.92. The zero-order valence-electron chi connectivity index (χ0n) is 25.0. The summed E-state index contributed by atoms with van der Waals surface area (Å²) in [5.41, 5.74) is 1.09. The van der Waals surface area contributed by atoms with Gasteiger partial charge in [0.25, 0.3) is 0 Å². The van der Waals surface area contributed by atoms with Crippen molar-refractivity contribution in [2.75, 3.05) is 39.8 Å². The maximum absolute atomic E-state index is 13.6. The van der Waals surface area contributed by atoms with Crippen molar-refractivity contribution in [1.82, 2.24) is 20.4 Å². The molecular formula is C32H50N4O4. The Morgan fingerprint density at radius 3 is 2.70 bits per heavy atom. The third-order valence-corrected chi connectivity index (χ3v) is 9.19. The van der Waals surface area contributed by atoms with Crippen LogP contribution in [0.1, 0.15) is 71.3 Å². The second-order valence-corrected chi connectivity index (χ2v) is 12.8. The maximum Gasteiger partial charge on any atom is 0.234 e. The molecule has 4 rings (SSSR count). The molecule has 3 amide bonds. The zero-order valence-corrected chi connectivity index (χ0v) is 25.0. The lowest BCUT2D eigenvalue weighted by atomic mass is 9.77. The molecule has 0 aliphatic carbocycles. The van der Waals surface area contributed by atoms with Gasteiger partial charge in [0.15, 0.2) is 0 Å². The number of fused-ring (bicyclic) bond motifs is 4. The Kier molecular flexibility index (Phi) is 10.9. The number of carbonyl (C=O) groups excluding carboxylic acids is 3. The highest BCUT2D eigenvalue weighted by molar-refractivity contribution is 5.78. The van der Waals surface area contributed by atoms with Crippen LogP contribution in [0.4, 0.5) is 0 Å². The summed E-state index contributed by atoms with van der Waals surface area (Å²) >= 11 is 0. The van der Waals surface area contributed by atoms with Gasteiger partial charge in [-0.25, -0.2) is 0 Å². The number of methoxy groups -OCH3 is 1. The van der Waals surface area contributed by atoms with E-state index in [9.17, 15) is 14.4 Å². The smallest absolute Gasteiger partial charge is 0.234 e. The number of rotatable bonds is 7. The van der Waals surface area contributed by atoms with Crippen molar-refractivity contribution in [3.63, 3.8) is 0 Å². The van der Waals surface area contributed by atoms with Crippen LogP contribution in [0.15, 0.2) is 24.3 Å². The van der Waals surface area contributed by atoms with Crippen molar-refractivity contribution in [3.05, 3.63) is 29.8 Å². The van der Waals surface area contributed by atoms with E-state index in [0.29, 0.717) is 49.6 Å². The van der Waals surface area contributed by atoms with E-state index in [4.69, 9.17) is 4.74 Å². The fourth-order valence-electron chi connectivity index (χ4n) is 7.04. The van der Waals surface area contributed by atoms with E-state index in [1.807, 2.05) is 24.3 Å². The van der Waals surface area contributed by atoms with Gasteiger partial charge in [-0.2, -0.15) is 0 Å². The number of hydrogen-bond donors (Lipinski definition) is 2. The first-order chi connectivity index (χ1) is 19.2. The molecule has 0 saturated carbocycles. The first-order valence-electron chi connectivity index (χ1n) is 15.4. The molecule has 0 radical (unpaired) electrons. The molecule has 1 aromatic rings. The molecule has 1 aromatic carbocycles. The van der Waals surface area contributed by atoms with E-state index in [2.05, 4.69) is 41.2 Å². The van der Waals surface area contributed by atoms with Crippen LogP contribution >= 0.6 is 0 Å². The topological polar surface area (TPSA) is 91.0 Å². The molecule has 3 aliphatic heterocycles. The standard InChI is InChI=1S/C32H50N4O4/c1-22(2)27-13-12-23(3)16-32(39)36-19-24-17-26(28(36)9-7-11-30(37)34-27)20-35(18-24)21-31(38)33-15-14-25-8-5-6-10-29(25)40-4/h5-6,8,10,22-24,26-28H,7,9,11-21H2,1-4H3,(H,33,38)(H,34,37)/t23-,24+,26+,27+,28+/m1/s1. The lowest BCUT2D eigenvalue weighted by Crippen LogP contribution is -2.60. The minimum atomic E-state index is 0.0444. The van der Waals surface area contributed by atoms with Gasteiger partial charge in [0.2, 0.25) is 17.7 Å². The fraction of sp³-hybridized carbons (Fsp3) is 0.719. The number of carbonyl (C=O) groups is 3. The highest BCUT2D eigenvalue weighted by atomic mass is 16.5. The molecule has 8 nitrogen and oxygen atoms in total. The van der Waals surface area contributed by atoms with Crippen molar-refractivity contribution in [2.45, 2.75) is 84.2 Å². The molecule has 3 aliphatic rings. The maximum atomic E-state index is 13.6. The van der Waals surface area contributed by atoms with Gasteiger partial charge in [-0.05, 0) is 73.8 Å². The van der Waals surface area contributed by atoms with Gasteiger partial charge in [0.1, 0.15) is 5.75 Å². The van der Waals surface area contributed by atoms with Crippen LogP contribution in [0.25, 0.3) is 0 Å². The van der Waals surface area contributed by atoms with E-state index in [-0.39, 0.29) is 29.8 Å². The third kappa shape index (κ3) is 8.21. The van der Waals surface area contributed by atoms with Crippen molar-refractivity contribution in [3.8, 4) is 5.75 Å². The molecule has 3 saturated heterocycles. The summed E-state index contributed by atoms with van der Waals surface area (Å²) in [7, 11) is 1.67. The normalized spacial score (nSPS) is 28.5. The van der Waals surface area contributed by atoms with Gasteiger partial charge >= 0.3 is 0 Å². The van der Waals surface area contributed by atoms with E-state index in [0.717, 1.165) is 69.5 Å². The van der Waals surface area contributed by atoms with Crippen LogP contribution in [0.2, 0.25) is 0 Å². The number of piperidine rings is 2. The summed E-state index contributed by atoms with van der Waals surface area (Å²) in [6, 6.07) is 8.21. The largest absolute Gasteiger partial charge is 0.496 e. The molecule has 0 aromatic heterocycles. The van der Waals surface area contributed by atoms with E-state index >= 15 is 0 Å². The van der Waals surface area contributed by atoms with Gasteiger partial charge in [0, 0.05) is 51.1 Å². The van der Waals surface area contributed by atoms with Gasteiger partial charge in [-0.1, -0.05) is 39.0 Å². The zero-order chi connectivity index (χ0) is 28.6. The molecule has 5 atom stereocenters. The first-order valence-corrected chi connectivity index (χ1v) is 15.4. The van der Waals surface area contributed by atoms with Gasteiger partial charge in [-0.15, -0.1) is 0 Å². The van der Waals surface area contributed by atoms with Crippen LogP contribution in [0.5, 0.6) is 5.75 Å². The number of ether oxygens (including phenoxy) is 1. The molecule has 40 heavy (non-hydrogen) atoms. The number of nitrogens with zero attached hydrogens (tertiary/aromatic N) is 2. The van der Waals surface area contributed by atoms with Crippen LogP contribution in [0, 0.1) is 23.7 Å². The summed E-state index contributed by atoms with van der Waals surface area (Å²) in [6.07, 6.45) is 6.39. The Labute approximate surface area is 240 Å². The quantitative estimate of drug-likeness (QED) is 0.537. The number of nitrogens with one attached hydrogen (secondary N) is 2. The molecule has 3 heterocycles. The van der Waals surface area contributed by atoms with Crippen LogP contribution in [-0.4, -0.2) is 79.4 Å². The van der Waals surface area contributed by atoms with E-state index in [1.165, 1.54) is 0 Å². The Balaban J connectivity index is 1.35. The summed E-state index contributed by atoms with van der Waals surface area (Å²) in [5, 5.41) is 6.35. The summed E-state index contributed by atoms with van der Waals surface area (Å²) in [5.74, 6) is 2.70. The Hall–Kier alpha value is -2.61. The summed E-state index contributed by atoms with van der Waals surface area (Å²) in [4.78, 5) is 43.6. The fourth-order valence-corrected chi connectivity index (χ4v) is 7.04. The summed E-state index contributed by atoms with van der Waals surface area (Å²) < 4.78 is 5.42. The lowest BCUT2D eigenvalue weighted by Gasteiger charge is -2.51. The van der Waals surface area contributed by atoms with Crippen LogP contribution < -0.4 is 15.4 Å². The Morgan fingerprint density at radius 1 is 1.12 bits per heavy atom. The molecule has 2 N–H and O–H groups in total. The average molecular weight is 555 g/mol. The van der Waals surface area contributed by atoms with Crippen LogP contribution in [-0.2, 0) is 20.8 Å². The number of benzene rings is 1. The third-order valence-electron chi connectivity index (χ3n) is 9.19. The molecular weight excluding hydrogens is 504 g/mol. The van der Waals surface area contributed by atoms with Gasteiger partial charge < -0.3 is 20.3 Å². The highest BCUT2D eigenvalue weighted by Gasteiger charge is 2.42. The number of hydrogen-bond acceptors (Lipinski definition) is 5. The number of para-hydroxylation sites is 1. The second kappa shape index (κ2) is 14.3. The molecule has 222 valence electrons. The SMILES string of the molecule is COc1ccccc1CCNC(=O)CN1C[C@@H]2C[C@@H](C1)[C@@H]1CCCC(=O)N[C@H](C(C)C)CC[C@@H](C)CC(=O)N1C2. The van der Waals surface area contributed by atoms with Crippen molar-refractivity contribution < 1.29 is 19.1 Å². The monoisotopic (exact) mass is 554 g/mol. The van der Waals surface area contributed by atoms with Gasteiger partial charge in [-0.3, -0.25) is 19.3 Å². The molecule has 2 bridgehead atoms. The predicted molar refractivity (Wildman–Crippen MR) is 157 cm³/mol. The first kappa shape index (κ1) is 30.4. The Morgan fingerprint density at radius 2 is 1.93 bits per heavy atom. The summed E-state index contributed by atoms with van der Waals surface area (Å²) in [6.45, 7) is 9.88. The minimum Gasteiger partial charge on any atom is -0.496 e. The van der Waals surface area contributed by atoms with Crippen molar-refractivity contribution in [1.29, 1.82) is 0 Å². The molecule has 8 heteroatoms. The molecule has 0 spiro atoms. The highest BCUT2D eigenvalue weighted by Crippen LogP contribution is 2.36.